The largest absolute Gasteiger partial charge is 0.322 e. The van der Waals surface area contributed by atoms with Crippen molar-refractivity contribution in [1.29, 1.82) is 0 Å². The smallest absolute Gasteiger partial charge is 0.0957 e. The van der Waals surface area contributed by atoms with Gasteiger partial charge in [0.1, 0.15) is 0 Å². The van der Waals surface area contributed by atoms with Gasteiger partial charge in [0.25, 0.3) is 0 Å². The van der Waals surface area contributed by atoms with Crippen LogP contribution in [-0.2, 0) is 4.87 Å². The molecule has 0 aromatic carbocycles. The summed E-state index contributed by atoms with van der Waals surface area (Å²) in [4.78, 5) is 3.95. The van der Waals surface area contributed by atoms with Gasteiger partial charge in [-0.2, -0.15) is 0 Å². The Hall–Kier alpha value is -0.0900. The van der Waals surface area contributed by atoms with Gasteiger partial charge in [0.2, 0.25) is 0 Å². The van der Waals surface area contributed by atoms with E-state index in [0.29, 0.717) is 0 Å². The molecule has 1 rings (SSSR count). The van der Waals surface area contributed by atoms with Crippen LogP contribution in [0.1, 0.15) is 13.8 Å². The molecule has 0 aliphatic heterocycles. The summed E-state index contributed by atoms with van der Waals surface area (Å²) in [5.74, 6) is 0. The average molecular weight is 174 g/mol. The second kappa shape index (κ2) is 2.88. The van der Waals surface area contributed by atoms with Crippen LogP contribution in [0.15, 0.2) is 18.7 Å². The minimum Gasteiger partial charge on any atom is -0.322 e. The molecule has 0 atom stereocenters. The number of thiol groups is 1. The van der Waals surface area contributed by atoms with E-state index in [4.69, 9.17) is 0 Å². The van der Waals surface area contributed by atoms with E-state index < -0.39 is 0 Å². The van der Waals surface area contributed by atoms with Crippen LogP contribution in [0, 0.1) is 0 Å². The highest BCUT2D eigenvalue weighted by atomic mass is 33.1. The number of aromatic nitrogens is 2. The molecule has 0 radical (unpaired) electrons. The zero-order valence-corrected chi connectivity index (χ0v) is 7.69. The molecule has 0 aliphatic carbocycles. The molecule has 0 saturated carbocycles. The third-order valence-corrected chi connectivity index (χ3v) is 3.35. The Kier molecular flexibility index (Phi) is 2.31. The van der Waals surface area contributed by atoms with Crippen LogP contribution in [0.5, 0.6) is 0 Å². The molecule has 0 aliphatic rings. The first kappa shape index (κ1) is 8.01. The normalized spacial score (nSPS) is 11.9. The number of nitrogens with zero attached hydrogens (tertiary/aromatic N) is 2. The van der Waals surface area contributed by atoms with Crippen molar-refractivity contribution in [3.8, 4) is 0 Å². The fourth-order valence-corrected chi connectivity index (χ4v) is 1.11. The molecule has 2 nitrogen and oxygen atoms in total. The molecule has 0 N–H and O–H groups in total. The Bertz CT molecular complexity index is 194. The molecule has 0 bridgehead atoms. The van der Waals surface area contributed by atoms with Crippen molar-refractivity contribution in [3.05, 3.63) is 18.7 Å². The molecule has 10 heavy (non-hydrogen) atoms. The predicted octanol–water partition coefficient (Wildman–Crippen LogP) is 2.15. The lowest BCUT2D eigenvalue weighted by atomic mass is 10.4. The molecule has 1 aromatic rings. The van der Waals surface area contributed by atoms with Crippen molar-refractivity contribution < 1.29 is 0 Å². The summed E-state index contributed by atoms with van der Waals surface area (Å²) in [7, 11) is 1.50. The molecule has 0 unspecified atom stereocenters. The van der Waals surface area contributed by atoms with E-state index in [2.05, 4.69) is 30.5 Å². The van der Waals surface area contributed by atoms with Crippen LogP contribution in [0.4, 0.5) is 0 Å². The van der Waals surface area contributed by atoms with E-state index in [1.165, 1.54) is 10.8 Å². The lowest BCUT2D eigenvalue weighted by molar-refractivity contribution is 0.540. The maximum atomic E-state index is 4.16. The van der Waals surface area contributed by atoms with Gasteiger partial charge in [-0.05, 0) is 13.8 Å². The van der Waals surface area contributed by atoms with E-state index in [1.807, 2.05) is 10.8 Å². The fraction of sp³-hybridized carbons (Fsp3) is 0.500. The van der Waals surface area contributed by atoms with Crippen LogP contribution in [0.25, 0.3) is 0 Å². The molecule has 0 amide bonds. The minimum absolute atomic E-state index is 0.000386. The van der Waals surface area contributed by atoms with Crippen LogP contribution < -0.4 is 0 Å². The molecule has 1 aromatic heterocycles. The van der Waals surface area contributed by atoms with Gasteiger partial charge in [-0.1, -0.05) is 10.8 Å². The monoisotopic (exact) mass is 174 g/mol. The van der Waals surface area contributed by atoms with Gasteiger partial charge in [0.15, 0.2) is 0 Å². The lowest BCUT2D eigenvalue weighted by Gasteiger charge is -2.22. The summed E-state index contributed by atoms with van der Waals surface area (Å²) in [6.07, 6.45) is 5.50. The zero-order chi connectivity index (χ0) is 7.61. The van der Waals surface area contributed by atoms with Crippen LogP contribution >= 0.6 is 22.5 Å². The molecule has 0 spiro atoms. The first-order valence-electron chi connectivity index (χ1n) is 2.98. The van der Waals surface area contributed by atoms with Crippen molar-refractivity contribution in [2.75, 3.05) is 0 Å². The quantitative estimate of drug-likeness (QED) is 0.547. The van der Waals surface area contributed by atoms with Crippen LogP contribution in [0.3, 0.4) is 0 Å². The van der Waals surface area contributed by atoms with E-state index in [9.17, 15) is 0 Å². The highest BCUT2D eigenvalue weighted by molar-refractivity contribution is 8.68. The Labute approximate surface area is 69.8 Å². The van der Waals surface area contributed by atoms with Crippen molar-refractivity contribution in [2.24, 2.45) is 0 Å². The average Bonchev–Trinajstić information content (AvgIpc) is 2.38. The second-order valence-corrected chi connectivity index (χ2v) is 4.24. The third kappa shape index (κ3) is 1.49. The van der Waals surface area contributed by atoms with Gasteiger partial charge in [-0.3, -0.25) is 0 Å². The molecule has 56 valence electrons. The maximum Gasteiger partial charge on any atom is 0.0957 e. The van der Waals surface area contributed by atoms with Crippen molar-refractivity contribution in [3.63, 3.8) is 0 Å². The number of imidazole rings is 1. The minimum atomic E-state index is -0.000386. The van der Waals surface area contributed by atoms with Crippen molar-refractivity contribution in [1.82, 2.24) is 9.55 Å². The predicted molar refractivity (Wildman–Crippen MR) is 48.1 cm³/mol. The summed E-state index contributed by atoms with van der Waals surface area (Å²) >= 11 is 4.16. The molecular weight excluding hydrogens is 164 g/mol. The highest BCUT2D eigenvalue weighted by Crippen LogP contribution is 2.31. The zero-order valence-electron chi connectivity index (χ0n) is 5.98. The Morgan fingerprint density at radius 1 is 1.60 bits per heavy atom. The number of rotatable bonds is 2. The van der Waals surface area contributed by atoms with Crippen molar-refractivity contribution in [2.45, 2.75) is 18.7 Å². The number of hydrogen-bond acceptors (Lipinski definition) is 3. The standard InChI is InChI=1S/C6H10N2S2/c1-6(2,10-9)8-4-3-7-5-8/h3-5,9H,1-2H3. The van der Waals surface area contributed by atoms with Crippen LogP contribution in [0.2, 0.25) is 0 Å². The summed E-state index contributed by atoms with van der Waals surface area (Å²) < 4.78 is 2.02. The van der Waals surface area contributed by atoms with Crippen LogP contribution in [-0.4, -0.2) is 9.55 Å². The Morgan fingerprint density at radius 3 is 2.70 bits per heavy atom. The van der Waals surface area contributed by atoms with Gasteiger partial charge in [0.05, 0.1) is 11.2 Å². The topological polar surface area (TPSA) is 17.8 Å². The second-order valence-electron chi connectivity index (χ2n) is 2.51. The van der Waals surface area contributed by atoms with E-state index in [1.54, 1.807) is 12.5 Å². The molecule has 0 fully saturated rings. The van der Waals surface area contributed by atoms with Gasteiger partial charge in [0, 0.05) is 12.4 Å². The lowest BCUT2D eigenvalue weighted by Crippen LogP contribution is -2.18. The van der Waals surface area contributed by atoms with Gasteiger partial charge < -0.3 is 4.57 Å². The van der Waals surface area contributed by atoms with Gasteiger partial charge in [-0.25, -0.2) is 4.98 Å². The summed E-state index contributed by atoms with van der Waals surface area (Å²) in [5.41, 5.74) is 0. The third-order valence-electron chi connectivity index (χ3n) is 1.35. The van der Waals surface area contributed by atoms with Gasteiger partial charge in [-0.15, -0.1) is 11.7 Å². The first-order chi connectivity index (χ1) is 4.67. The van der Waals surface area contributed by atoms with E-state index >= 15 is 0 Å². The summed E-state index contributed by atoms with van der Waals surface area (Å²) in [6.45, 7) is 4.18. The first-order valence-corrected chi connectivity index (χ1v) is 4.85. The fourth-order valence-electron chi connectivity index (χ4n) is 0.625. The van der Waals surface area contributed by atoms with E-state index in [0.717, 1.165) is 0 Å². The highest BCUT2D eigenvalue weighted by Gasteiger charge is 2.17. The Balaban J connectivity index is 2.85. The molecule has 1 heterocycles. The Morgan fingerprint density at radius 2 is 2.30 bits per heavy atom. The number of hydrogen-bond donors (Lipinski definition) is 1. The van der Waals surface area contributed by atoms with E-state index in [-0.39, 0.29) is 4.87 Å². The van der Waals surface area contributed by atoms with Gasteiger partial charge >= 0.3 is 0 Å². The van der Waals surface area contributed by atoms with Crippen molar-refractivity contribution >= 4 is 22.5 Å². The summed E-state index contributed by atoms with van der Waals surface area (Å²) in [6, 6.07) is 0. The summed E-state index contributed by atoms with van der Waals surface area (Å²) in [5, 5.41) is 0. The molecular formula is C6H10N2S2. The molecule has 0 saturated heterocycles. The molecule has 4 heteroatoms. The SMILES string of the molecule is CC(C)(SS)n1ccnc1. The maximum absolute atomic E-state index is 4.16.